The summed E-state index contributed by atoms with van der Waals surface area (Å²) in [5.74, 6) is 0. The third-order valence-electron chi connectivity index (χ3n) is 2.52. The van der Waals surface area contributed by atoms with Gasteiger partial charge in [-0.2, -0.15) is 0 Å². The van der Waals surface area contributed by atoms with E-state index < -0.39 is 20.0 Å². The lowest BCUT2D eigenvalue weighted by molar-refractivity contribution is 0.554. The van der Waals surface area contributed by atoms with E-state index in [1.807, 2.05) is 6.92 Å². The number of primary sulfonamides is 1. The molecular weight excluding hydrogens is 290 g/mol. The van der Waals surface area contributed by atoms with E-state index in [0.29, 0.717) is 0 Å². The summed E-state index contributed by atoms with van der Waals surface area (Å²) < 4.78 is 48.6. The summed E-state index contributed by atoms with van der Waals surface area (Å²) in [5.41, 5.74) is 0. The predicted molar refractivity (Wildman–Crippen MR) is 71.5 cm³/mol. The van der Waals surface area contributed by atoms with Gasteiger partial charge in [-0.25, -0.2) is 26.7 Å². The molecule has 0 aliphatic rings. The minimum Gasteiger partial charge on any atom is -0.316 e. The zero-order chi connectivity index (χ0) is 14.7. The van der Waals surface area contributed by atoms with Crippen molar-refractivity contribution < 1.29 is 16.8 Å². The number of rotatable bonds is 6. The van der Waals surface area contributed by atoms with Crippen LogP contribution in [0, 0.1) is 0 Å². The third kappa shape index (κ3) is 4.55. The fourth-order valence-electron chi connectivity index (χ4n) is 1.24. The molecule has 0 saturated heterocycles. The van der Waals surface area contributed by atoms with Gasteiger partial charge in [0.25, 0.3) is 0 Å². The molecule has 7 nitrogen and oxygen atoms in total. The normalized spacial score (nSPS) is 14.3. The maximum atomic E-state index is 12.0. The highest BCUT2D eigenvalue weighted by Gasteiger charge is 2.17. The number of hydrogen-bond acceptors (Lipinski definition) is 5. The second kappa shape index (κ2) is 5.97. The van der Waals surface area contributed by atoms with E-state index in [0.717, 1.165) is 6.07 Å². The highest BCUT2D eigenvalue weighted by Crippen LogP contribution is 2.14. The average molecular weight is 307 g/mol. The molecule has 19 heavy (non-hydrogen) atoms. The first kappa shape index (κ1) is 16.1. The molecule has 0 amide bonds. The second-order valence-corrected chi connectivity index (χ2v) is 7.39. The molecule has 1 aromatic carbocycles. The molecule has 1 atom stereocenters. The van der Waals surface area contributed by atoms with Gasteiger partial charge in [0.2, 0.25) is 20.0 Å². The van der Waals surface area contributed by atoms with Crippen LogP contribution in [0.2, 0.25) is 0 Å². The molecule has 0 bridgehead atoms. The summed E-state index contributed by atoms with van der Waals surface area (Å²) in [5, 5.41) is 7.84. The topological polar surface area (TPSA) is 118 Å². The summed E-state index contributed by atoms with van der Waals surface area (Å²) >= 11 is 0. The van der Waals surface area contributed by atoms with Crippen LogP contribution in [0.3, 0.4) is 0 Å². The zero-order valence-corrected chi connectivity index (χ0v) is 12.3. The Morgan fingerprint density at radius 2 is 1.79 bits per heavy atom. The highest BCUT2D eigenvalue weighted by molar-refractivity contribution is 7.90. The van der Waals surface area contributed by atoms with Crippen molar-refractivity contribution in [3.8, 4) is 0 Å². The molecule has 0 fully saturated rings. The van der Waals surface area contributed by atoms with Crippen LogP contribution in [0.4, 0.5) is 0 Å². The van der Waals surface area contributed by atoms with Crippen LogP contribution >= 0.6 is 0 Å². The largest absolute Gasteiger partial charge is 0.316 e. The van der Waals surface area contributed by atoms with Crippen molar-refractivity contribution in [3.63, 3.8) is 0 Å². The Balaban J connectivity index is 3.03. The SMILES string of the molecule is CNC(C)CNS(=O)(=O)c1cccc(S(N)(=O)=O)c1. The monoisotopic (exact) mass is 307 g/mol. The van der Waals surface area contributed by atoms with Crippen molar-refractivity contribution >= 4 is 20.0 Å². The molecule has 1 rings (SSSR count). The fourth-order valence-corrected chi connectivity index (χ4v) is 3.05. The molecule has 0 saturated carbocycles. The predicted octanol–water partition coefficient (Wildman–Crippen LogP) is -0.780. The van der Waals surface area contributed by atoms with Gasteiger partial charge in [-0.1, -0.05) is 6.07 Å². The molecule has 0 radical (unpaired) electrons. The van der Waals surface area contributed by atoms with E-state index in [1.54, 1.807) is 7.05 Å². The maximum absolute atomic E-state index is 12.0. The Morgan fingerprint density at radius 3 is 2.32 bits per heavy atom. The Hall–Kier alpha value is -1.00. The Bertz CT molecular complexity index is 640. The van der Waals surface area contributed by atoms with Crippen LogP contribution in [0.25, 0.3) is 0 Å². The van der Waals surface area contributed by atoms with Gasteiger partial charge < -0.3 is 5.32 Å². The molecule has 9 heteroatoms. The van der Waals surface area contributed by atoms with Gasteiger partial charge in [-0.3, -0.25) is 0 Å². The van der Waals surface area contributed by atoms with Crippen LogP contribution in [0.5, 0.6) is 0 Å². The van der Waals surface area contributed by atoms with Crippen molar-refractivity contribution in [2.45, 2.75) is 22.8 Å². The molecule has 0 spiro atoms. The van der Waals surface area contributed by atoms with E-state index in [1.165, 1.54) is 18.2 Å². The molecule has 1 unspecified atom stereocenters. The molecule has 1 aromatic rings. The van der Waals surface area contributed by atoms with Crippen molar-refractivity contribution in [2.75, 3.05) is 13.6 Å². The molecular formula is C10H17N3O4S2. The third-order valence-corrected chi connectivity index (χ3v) is 4.85. The Kier molecular flexibility index (Phi) is 5.04. The molecule has 0 aromatic heterocycles. The zero-order valence-electron chi connectivity index (χ0n) is 10.6. The van der Waals surface area contributed by atoms with E-state index >= 15 is 0 Å². The lowest BCUT2D eigenvalue weighted by Crippen LogP contribution is -2.37. The van der Waals surface area contributed by atoms with Crippen molar-refractivity contribution in [1.29, 1.82) is 0 Å². The van der Waals surface area contributed by atoms with Gasteiger partial charge >= 0.3 is 0 Å². The fraction of sp³-hybridized carbons (Fsp3) is 0.400. The van der Waals surface area contributed by atoms with E-state index in [2.05, 4.69) is 10.0 Å². The number of nitrogens with two attached hydrogens (primary N) is 1. The van der Waals surface area contributed by atoms with Gasteiger partial charge in [0.15, 0.2) is 0 Å². The van der Waals surface area contributed by atoms with Crippen LogP contribution < -0.4 is 15.2 Å². The maximum Gasteiger partial charge on any atom is 0.240 e. The second-order valence-electron chi connectivity index (χ2n) is 4.06. The summed E-state index contributed by atoms with van der Waals surface area (Å²) in [6.45, 7) is 2.00. The molecule has 0 heterocycles. The van der Waals surface area contributed by atoms with E-state index in [9.17, 15) is 16.8 Å². The number of benzene rings is 1. The van der Waals surface area contributed by atoms with Gasteiger partial charge in [0, 0.05) is 12.6 Å². The molecule has 0 aliphatic carbocycles. The summed E-state index contributed by atoms with van der Waals surface area (Å²) in [4.78, 5) is -0.376. The number of nitrogens with one attached hydrogen (secondary N) is 2. The Labute approximate surface area is 113 Å². The standard InChI is InChI=1S/C10H17N3O4S2/c1-8(12-2)7-13-19(16,17)10-5-3-4-9(6-10)18(11,14)15/h3-6,8,12-13H,7H2,1-2H3,(H2,11,14,15). The van der Waals surface area contributed by atoms with Gasteiger partial charge in [0.1, 0.15) is 0 Å². The lowest BCUT2D eigenvalue weighted by Gasteiger charge is -2.12. The Morgan fingerprint density at radius 1 is 1.21 bits per heavy atom. The minimum atomic E-state index is -3.93. The molecule has 108 valence electrons. The van der Waals surface area contributed by atoms with Crippen molar-refractivity contribution in [3.05, 3.63) is 24.3 Å². The van der Waals surface area contributed by atoms with Crippen LogP contribution in [0.1, 0.15) is 6.92 Å². The van der Waals surface area contributed by atoms with E-state index in [-0.39, 0.29) is 22.4 Å². The lowest BCUT2D eigenvalue weighted by atomic mass is 10.4. The highest BCUT2D eigenvalue weighted by atomic mass is 32.2. The summed E-state index contributed by atoms with van der Waals surface area (Å²) in [7, 11) is -5.98. The minimum absolute atomic E-state index is 0.0452. The summed E-state index contributed by atoms with van der Waals surface area (Å²) in [6, 6.07) is 4.86. The quantitative estimate of drug-likeness (QED) is 0.637. The number of sulfonamides is 2. The van der Waals surface area contributed by atoms with Crippen molar-refractivity contribution in [2.24, 2.45) is 5.14 Å². The first-order valence-electron chi connectivity index (χ1n) is 5.46. The first-order valence-corrected chi connectivity index (χ1v) is 8.49. The van der Waals surface area contributed by atoms with Crippen LogP contribution in [-0.2, 0) is 20.0 Å². The summed E-state index contributed by atoms with van der Waals surface area (Å²) in [6.07, 6.45) is 0. The smallest absolute Gasteiger partial charge is 0.240 e. The first-order chi connectivity index (χ1) is 8.66. The number of likely N-dealkylation sites (N-methyl/N-ethyl adjacent to an activating group) is 1. The van der Waals surface area contributed by atoms with Gasteiger partial charge in [0.05, 0.1) is 9.79 Å². The van der Waals surface area contributed by atoms with Crippen LogP contribution in [0.15, 0.2) is 34.1 Å². The molecule has 4 N–H and O–H groups in total. The van der Waals surface area contributed by atoms with E-state index in [4.69, 9.17) is 5.14 Å². The van der Waals surface area contributed by atoms with Gasteiger partial charge in [-0.15, -0.1) is 0 Å². The average Bonchev–Trinajstić information content (AvgIpc) is 2.35. The van der Waals surface area contributed by atoms with Crippen LogP contribution in [-0.4, -0.2) is 36.5 Å². The van der Waals surface area contributed by atoms with Crippen molar-refractivity contribution in [1.82, 2.24) is 10.0 Å². The number of hydrogen-bond donors (Lipinski definition) is 3. The van der Waals surface area contributed by atoms with Gasteiger partial charge in [-0.05, 0) is 32.2 Å². The molecule has 0 aliphatic heterocycles.